The van der Waals surface area contributed by atoms with Gasteiger partial charge in [-0.1, -0.05) is 19.3 Å². The summed E-state index contributed by atoms with van der Waals surface area (Å²) in [4.78, 5) is 17.3. The molecule has 2 fully saturated rings. The Bertz CT molecular complexity index is 511. The van der Waals surface area contributed by atoms with Crippen LogP contribution in [0.25, 0.3) is 0 Å². The van der Waals surface area contributed by atoms with Crippen molar-refractivity contribution in [3.63, 3.8) is 0 Å². The van der Waals surface area contributed by atoms with Crippen molar-refractivity contribution in [1.82, 2.24) is 9.80 Å². The molecule has 0 bridgehead atoms. The third-order valence-electron chi connectivity index (χ3n) is 5.21. The molecule has 3 rings (SSSR count). The first-order valence-corrected chi connectivity index (χ1v) is 10.1. The molecule has 0 spiro atoms. The second kappa shape index (κ2) is 8.47. The first kappa shape index (κ1) is 17.2. The molecule has 0 radical (unpaired) electrons. The zero-order valence-corrected chi connectivity index (χ0v) is 16.0. The van der Waals surface area contributed by atoms with Gasteiger partial charge < -0.3 is 9.80 Å². The average Bonchev–Trinajstić information content (AvgIpc) is 2.81. The van der Waals surface area contributed by atoms with Crippen LogP contribution in [-0.2, 0) is 0 Å². The number of benzene rings is 1. The lowest BCUT2D eigenvalue weighted by Crippen LogP contribution is -2.36. The van der Waals surface area contributed by atoms with E-state index in [1.165, 1.54) is 42.2 Å². The zero-order valence-electron chi connectivity index (χ0n) is 13.8. The topological polar surface area (TPSA) is 23.6 Å². The van der Waals surface area contributed by atoms with Gasteiger partial charge >= 0.3 is 0 Å². The lowest BCUT2D eigenvalue weighted by atomic mass is 9.89. The zero-order chi connectivity index (χ0) is 16.1. The number of carbonyl (C=O) groups is 1. The van der Waals surface area contributed by atoms with E-state index in [2.05, 4.69) is 27.5 Å². The molecule has 126 valence electrons. The van der Waals surface area contributed by atoms with Crippen molar-refractivity contribution in [3.8, 4) is 0 Å². The van der Waals surface area contributed by atoms with Crippen LogP contribution in [0.15, 0.2) is 24.3 Å². The van der Waals surface area contributed by atoms with Crippen LogP contribution in [0.2, 0.25) is 0 Å². The van der Waals surface area contributed by atoms with Crippen LogP contribution in [0.3, 0.4) is 0 Å². The maximum Gasteiger partial charge on any atom is 0.253 e. The van der Waals surface area contributed by atoms with Gasteiger partial charge in [-0.25, -0.2) is 0 Å². The van der Waals surface area contributed by atoms with E-state index in [4.69, 9.17) is 0 Å². The molecule has 1 aromatic rings. The number of rotatable bonds is 3. The number of halogens is 1. The van der Waals surface area contributed by atoms with Crippen LogP contribution in [0.4, 0.5) is 0 Å². The van der Waals surface area contributed by atoms with Gasteiger partial charge in [0.2, 0.25) is 0 Å². The maximum absolute atomic E-state index is 12.7. The van der Waals surface area contributed by atoms with Crippen molar-refractivity contribution < 1.29 is 4.79 Å². The Morgan fingerprint density at radius 2 is 1.70 bits per heavy atom. The third-order valence-corrected chi connectivity index (χ3v) is 5.93. The molecule has 1 amide bonds. The molecular formula is C19H27IN2O. The van der Waals surface area contributed by atoms with Crippen LogP contribution < -0.4 is 0 Å². The molecule has 1 aliphatic carbocycles. The number of hydrogen-bond acceptors (Lipinski definition) is 2. The molecule has 0 N–H and O–H groups in total. The summed E-state index contributed by atoms with van der Waals surface area (Å²) in [6, 6.07) is 7.94. The minimum atomic E-state index is 0.195. The Morgan fingerprint density at radius 3 is 2.43 bits per heavy atom. The second-order valence-electron chi connectivity index (χ2n) is 6.96. The fourth-order valence-electron chi connectivity index (χ4n) is 3.87. The molecule has 4 heteroatoms. The predicted molar refractivity (Wildman–Crippen MR) is 103 cm³/mol. The highest BCUT2D eigenvalue weighted by Crippen LogP contribution is 2.24. The van der Waals surface area contributed by atoms with Crippen molar-refractivity contribution in [3.05, 3.63) is 33.4 Å². The molecule has 3 nitrogen and oxygen atoms in total. The minimum Gasteiger partial charge on any atom is -0.337 e. The SMILES string of the molecule is O=C(c1ccc(I)cc1)N1CCCN(CC2CCCCC2)CC1. The first-order valence-electron chi connectivity index (χ1n) is 8.99. The fourth-order valence-corrected chi connectivity index (χ4v) is 4.23. The van der Waals surface area contributed by atoms with E-state index >= 15 is 0 Å². The molecule has 23 heavy (non-hydrogen) atoms. The fraction of sp³-hybridized carbons (Fsp3) is 0.632. The first-order chi connectivity index (χ1) is 11.2. The molecule has 1 aliphatic heterocycles. The van der Waals surface area contributed by atoms with E-state index in [-0.39, 0.29) is 5.91 Å². The highest BCUT2D eigenvalue weighted by atomic mass is 127. The van der Waals surface area contributed by atoms with Gasteiger partial charge in [0, 0.05) is 35.3 Å². The molecule has 1 heterocycles. The van der Waals surface area contributed by atoms with E-state index in [9.17, 15) is 4.79 Å². The lowest BCUT2D eigenvalue weighted by Gasteiger charge is -2.28. The Labute approximate surface area is 153 Å². The van der Waals surface area contributed by atoms with Crippen molar-refractivity contribution in [2.75, 3.05) is 32.7 Å². The molecule has 1 aromatic carbocycles. The summed E-state index contributed by atoms with van der Waals surface area (Å²) in [6.07, 6.45) is 8.16. The summed E-state index contributed by atoms with van der Waals surface area (Å²) in [5.74, 6) is 1.09. The largest absolute Gasteiger partial charge is 0.337 e. The van der Waals surface area contributed by atoms with Crippen LogP contribution in [0, 0.1) is 9.49 Å². The Kier molecular flexibility index (Phi) is 6.34. The molecule has 0 aromatic heterocycles. The van der Waals surface area contributed by atoms with Crippen molar-refractivity contribution in [2.45, 2.75) is 38.5 Å². The number of carbonyl (C=O) groups excluding carboxylic acids is 1. The second-order valence-corrected chi connectivity index (χ2v) is 8.20. The highest BCUT2D eigenvalue weighted by molar-refractivity contribution is 14.1. The highest BCUT2D eigenvalue weighted by Gasteiger charge is 2.22. The van der Waals surface area contributed by atoms with Gasteiger partial charge in [-0.05, 0) is 78.6 Å². The molecular weight excluding hydrogens is 399 g/mol. The standard InChI is InChI=1S/C19H27IN2O/c20-18-9-7-17(8-10-18)19(23)22-12-4-11-21(13-14-22)15-16-5-2-1-3-6-16/h7-10,16H,1-6,11-15H2. The lowest BCUT2D eigenvalue weighted by molar-refractivity contribution is 0.0760. The number of amides is 1. The number of hydrogen-bond donors (Lipinski definition) is 0. The monoisotopic (exact) mass is 426 g/mol. The van der Waals surface area contributed by atoms with E-state index < -0.39 is 0 Å². The van der Waals surface area contributed by atoms with Gasteiger partial charge in [0.25, 0.3) is 5.91 Å². The van der Waals surface area contributed by atoms with Crippen LogP contribution in [-0.4, -0.2) is 48.4 Å². The van der Waals surface area contributed by atoms with E-state index in [1.54, 1.807) is 0 Å². The van der Waals surface area contributed by atoms with Crippen molar-refractivity contribution >= 4 is 28.5 Å². The summed E-state index contributed by atoms with van der Waals surface area (Å²) < 4.78 is 1.17. The summed E-state index contributed by atoms with van der Waals surface area (Å²) in [5.41, 5.74) is 0.825. The van der Waals surface area contributed by atoms with Gasteiger partial charge in [0.15, 0.2) is 0 Å². The Morgan fingerprint density at radius 1 is 0.957 bits per heavy atom. The average molecular weight is 426 g/mol. The van der Waals surface area contributed by atoms with Gasteiger partial charge in [0.05, 0.1) is 0 Å². The molecule has 0 unspecified atom stereocenters. The predicted octanol–water partition coefficient (Wildman–Crippen LogP) is 4.02. The van der Waals surface area contributed by atoms with Crippen molar-refractivity contribution in [2.24, 2.45) is 5.92 Å². The van der Waals surface area contributed by atoms with E-state index in [0.29, 0.717) is 0 Å². The summed E-state index contributed by atoms with van der Waals surface area (Å²) >= 11 is 2.28. The van der Waals surface area contributed by atoms with Crippen LogP contribution >= 0.6 is 22.6 Å². The normalized spacial score (nSPS) is 21.2. The van der Waals surface area contributed by atoms with E-state index in [0.717, 1.165) is 44.1 Å². The van der Waals surface area contributed by atoms with Crippen LogP contribution in [0.1, 0.15) is 48.9 Å². The smallest absolute Gasteiger partial charge is 0.253 e. The Hall–Kier alpha value is -0.620. The number of nitrogens with zero attached hydrogens (tertiary/aromatic N) is 2. The molecule has 1 saturated carbocycles. The van der Waals surface area contributed by atoms with Gasteiger partial charge in [-0.15, -0.1) is 0 Å². The van der Waals surface area contributed by atoms with E-state index in [1.807, 2.05) is 29.2 Å². The van der Waals surface area contributed by atoms with Crippen molar-refractivity contribution in [1.29, 1.82) is 0 Å². The van der Waals surface area contributed by atoms with Gasteiger partial charge in [-0.3, -0.25) is 4.79 Å². The molecule has 1 saturated heterocycles. The van der Waals surface area contributed by atoms with Gasteiger partial charge in [0.1, 0.15) is 0 Å². The minimum absolute atomic E-state index is 0.195. The molecule has 2 aliphatic rings. The molecule has 0 atom stereocenters. The quantitative estimate of drug-likeness (QED) is 0.682. The Balaban J connectivity index is 1.53. The summed E-state index contributed by atoms with van der Waals surface area (Å²) in [7, 11) is 0. The van der Waals surface area contributed by atoms with Gasteiger partial charge in [-0.2, -0.15) is 0 Å². The summed E-state index contributed by atoms with van der Waals surface area (Å²) in [5, 5.41) is 0. The maximum atomic E-state index is 12.7. The third kappa shape index (κ3) is 4.92. The summed E-state index contributed by atoms with van der Waals surface area (Å²) in [6.45, 7) is 5.19. The van der Waals surface area contributed by atoms with Crippen LogP contribution in [0.5, 0.6) is 0 Å².